The molecule has 62 heavy (non-hydrogen) atoms. The summed E-state index contributed by atoms with van der Waals surface area (Å²) < 4.78 is 0. The van der Waals surface area contributed by atoms with Crippen LogP contribution in [0.25, 0.3) is 35.4 Å². The van der Waals surface area contributed by atoms with Crippen LogP contribution >= 0.6 is 0 Å². The van der Waals surface area contributed by atoms with Crippen LogP contribution < -0.4 is 9.80 Å². The third kappa shape index (κ3) is 9.72. The fraction of sp³-hybridized carbons (Fsp3) is 0.133. The van der Waals surface area contributed by atoms with Gasteiger partial charge in [0, 0.05) is 34.1 Å². The van der Waals surface area contributed by atoms with Crippen LogP contribution in [0.3, 0.4) is 0 Å². The van der Waals surface area contributed by atoms with Crippen molar-refractivity contribution in [1.29, 1.82) is 0 Å². The molecule has 0 aliphatic rings. The van der Waals surface area contributed by atoms with Gasteiger partial charge >= 0.3 is 0 Å². The van der Waals surface area contributed by atoms with Crippen LogP contribution in [0.15, 0.2) is 182 Å². The van der Waals surface area contributed by atoms with Crippen LogP contribution in [0.5, 0.6) is 0 Å². The smallest absolute Gasteiger partial charge is 0.0493 e. The Bertz CT molecular complexity index is 2590. The molecule has 2 nitrogen and oxygen atoms in total. The molecule has 0 unspecified atom stereocenters. The minimum Gasteiger partial charge on any atom is -0.310 e. The van der Waals surface area contributed by atoms with Gasteiger partial charge in [-0.15, -0.1) is 0 Å². The van der Waals surface area contributed by atoms with Crippen LogP contribution in [0.1, 0.15) is 69.5 Å². The van der Waals surface area contributed by atoms with Crippen molar-refractivity contribution in [2.75, 3.05) is 9.80 Å². The van der Waals surface area contributed by atoms with Crippen molar-refractivity contribution < 1.29 is 0 Å². The van der Waals surface area contributed by atoms with Crippen LogP contribution in [-0.2, 0) is 12.8 Å². The fourth-order valence-electron chi connectivity index (χ4n) is 8.10. The Hall–Kier alpha value is -7.16. The largest absolute Gasteiger partial charge is 0.310 e. The van der Waals surface area contributed by atoms with E-state index < -0.39 is 0 Å². The first kappa shape index (κ1) is 41.6. The Morgan fingerprint density at radius 3 is 0.855 bits per heavy atom. The minimum atomic E-state index is 0.948. The highest BCUT2D eigenvalue weighted by atomic mass is 15.1. The van der Waals surface area contributed by atoms with E-state index in [1.807, 2.05) is 0 Å². The number of rotatable bonds is 13. The maximum absolute atomic E-state index is 2.40. The lowest BCUT2D eigenvalue weighted by molar-refractivity contribution is 1.11. The molecule has 8 aromatic rings. The van der Waals surface area contributed by atoms with Gasteiger partial charge in [0.25, 0.3) is 0 Å². The Morgan fingerprint density at radius 1 is 0.306 bits per heavy atom. The first-order valence-electron chi connectivity index (χ1n) is 21.9. The summed E-state index contributed by atoms with van der Waals surface area (Å²) in [6.07, 6.45) is 10.6. The van der Waals surface area contributed by atoms with Gasteiger partial charge in [0.2, 0.25) is 0 Å². The van der Waals surface area contributed by atoms with Gasteiger partial charge in [-0.1, -0.05) is 182 Å². The van der Waals surface area contributed by atoms with Crippen LogP contribution in [0.4, 0.5) is 34.1 Å². The number of benzene rings is 8. The number of anilines is 6. The molecule has 306 valence electrons. The molecule has 0 saturated heterocycles. The molecule has 0 radical (unpaired) electrons. The van der Waals surface area contributed by atoms with E-state index >= 15 is 0 Å². The zero-order chi connectivity index (χ0) is 43.0. The van der Waals surface area contributed by atoms with Crippen molar-refractivity contribution in [2.45, 2.75) is 54.4 Å². The predicted octanol–water partition coefficient (Wildman–Crippen LogP) is 17.0. The molecule has 0 aliphatic heterocycles. The quantitative estimate of drug-likeness (QED) is 0.107. The number of hydrogen-bond donors (Lipinski definition) is 0. The maximum atomic E-state index is 2.40. The Kier molecular flexibility index (Phi) is 12.8. The van der Waals surface area contributed by atoms with E-state index in [-0.39, 0.29) is 0 Å². The molecule has 0 aromatic heterocycles. The third-order valence-corrected chi connectivity index (χ3v) is 11.7. The second-order valence-electron chi connectivity index (χ2n) is 16.4. The van der Waals surface area contributed by atoms with E-state index in [4.69, 9.17) is 0 Å². The summed E-state index contributed by atoms with van der Waals surface area (Å²) in [6, 6.07) is 66.7. The van der Waals surface area contributed by atoms with E-state index in [9.17, 15) is 0 Å². The highest BCUT2D eigenvalue weighted by Gasteiger charge is 2.18. The van der Waals surface area contributed by atoms with Crippen molar-refractivity contribution in [3.05, 3.63) is 238 Å². The molecular formula is C60H56N2. The summed E-state index contributed by atoms with van der Waals surface area (Å²) in [4.78, 5) is 4.79. The van der Waals surface area contributed by atoms with E-state index in [1.165, 1.54) is 78.1 Å². The van der Waals surface area contributed by atoms with Gasteiger partial charge in [-0.25, -0.2) is 0 Å². The van der Waals surface area contributed by atoms with Gasteiger partial charge in [-0.3, -0.25) is 0 Å². The molecule has 8 aromatic carbocycles. The van der Waals surface area contributed by atoms with Crippen molar-refractivity contribution in [3.8, 4) is 11.1 Å². The zero-order valence-corrected chi connectivity index (χ0v) is 36.9. The molecule has 0 amide bonds. The normalized spacial score (nSPS) is 11.4. The lowest BCUT2D eigenvalue weighted by Gasteiger charge is -2.28. The Labute approximate surface area is 369 Å². The van der Waals surface area contributed by atoms with Crippen LogP contribution in [-0.4, -0.2) is 0 Å². The highest BCUT2D eigenvalue weighted by Crippen LogP contribution is 2.41. The average Bonchev–Trinajstić information content (AvgIpc) is 3.31. The number of hydrogen-bond acceptors (Lipinski definition) is 2. The second kappa shape index (κ2) is 19.0. The summed E-state index contributed by atoms with van der Waals surface area (Å²) in [6.45, 7) is 13.1. The summed E-state index contributed by atoms with van der Waals surface area (Å²) in [5.41, 5.74) is 21.8. The molecule has 0 saturated carbocycles. The minimum absolute atomic E-state index is 0.948. The molecule has 2 heteroatoms. The van der Waals surface area contributed by atoms with Crippen LogP contribution in [0, 0.1) is 27.7 Å². The van der Waals surface area contributed by atoms with E-state index in [0.29, 0.717) is 0 Å². The monoisotopic (exact) mass is 804 g/mol. The third-order valence-electron chi connectivity index (χ3n) is 11.7. The fourth-order valence-corrected chi connectivity index (χ4v) is 8.10. The van der Waals surface area contributed by atoms with Crippen molar-refractivity contribution in [3.63, 3.8) is 0 Å². The Morgan fingerprint density at radius 2 is 0.565 bits per heavy atom. The second-order valence-corrected chi connectivity index (χ2v) is 16.4. The zero-order valence-electron chi connectivity index (χ0n) is 36.9. The molecule has 0 spiro atoms. The van der Waals surface area contributed by atoms with E-state index in [2.05, 4.69) is 258 Å². The van der Waals surface area contributed by atoms with Gasteiger partial charge in [0.05, 0.1) is 0 Å². The molecule has 0 fully saturated rings. The SMILES string of the molecule is CCc1cc(C)ccc1N(c1ccc(/C=C/c2ccc(C)cc2)cc1)c1ccc(-c2ccc(N(c3ccc(/C=C/c4ccc(C)cc4)cc3)c3ccc(C)cc3CC)cc2)cc1. The van der Waals surface area contributed by atoms with E-state index in [1.54, 1.807) is 0 Å². The molecule has 8 rings (SSSR count). The highest BCUT2D eigenvalue weighted by molar-refractivity contribution is 5.83. The molecule has 0 N–H and O–H groups in total. The topological polar surface area (TPSA) is 6.48 Å². The summed E-state index contributed by atoms with van der Waals surface area (Å²) in [7, 11) is 0. The number of nitrogens with zero attached hydrogens (tertiary/aromatic N) is 2. The molecule has 0 heterocycles. The van der Waals surface area contributed by atoms with Gasteiger partial charge in [0.15, 0.2) is 0 Å². The standard InChI is InChI=1S/C60H56N2/c1-7-51-41-45(5)13-39-59(51)61(55-31-23-49(24-32-55)21-19-47-15-9-43(3)10-16-47)57-35-27-53(28-36-57)54-29-37-58(38-30-54)62(60-40-14-46(6)42-52(60)8-2)56-33-25-50(26-34-56)22-20-48-17-11-44(4)12-18-48/h9-42H,7-8H2,1-6H3/b21-19+,22-20+. The van der Waals surface area contributed by atoms with Gasteiger partial charge < -0.3 is 9.80 Å². The van der Waals surface area contributed by atoms with Gasteiger partial charge in [-0.2, -0.15) is 0 Å². The van der Waals surface area contributed by atoms with E-state index in [0.717, 1.165) is 35.6 Å². The first-order valence-corrected chi connectivity index (χ1v) is 21.9. The lowest BCUT2D eigenvalue weighted by Crippen LogP contribution is -2.12. The molecule has 0 aliphatic carbocycles. The maximum Gasteiger partial charge on any atom is 0.0493 e. The summed E-state index contributed by atoms with van der Waals surface area (Å²) >= 11 is 0. The predicted molar refractivity (Wildman–Crippen MR) is 270 cm³/mol. The van der Waals surface area contributed by atoms with Crippen molar-refractivity contribution in [2.24, 2.45) is 0 Å². The number of aryl methyl sites for hydroxylation is 6. The van der Waals surface area contributed by atoms with Crippen LogP contribution in [0.2, 0.25) is 0 Å². The molecule has 0 bridgehead atoms. The molecular weight excluding hydrogens is 749 g/mol. The average molecular weight is 805 g/mol. The van der Waals surface area contributed by atoms with Crippen molar-refractivity contribution in [1.82, 2.24) is 0 Å². The first-order chi connectivity index (χ1) is 30.2. The summed E-state index contributed by atoms with van der Waals surface area (Å²) in [5, 5.41) is 0. The van der Waals surface area contributed by atoms with Crippen molar-refractivity contribution >= 4 is 58.4 Å². The van der Waals surface area contributed by atoms with Gasteiger partial charge in [-0.05, 0) is 146 Å². The van der Waals surface area contributed by atoms with Gasteiger partial charge in [0.1, 0.15) is 0 Å². The molecule has 0 atom stereocenters. The Balaban J connectivity index is 1.08. The summed E-state index contributed by atoms with van der Waals surface area (Å²) in [5.74, 6) is 0. The lowest BCUT2D eigenvalue weighted by atomic mass is 10.0.